The molecule has 2 amide bonds. The fourth-order valence-electron chi connectivity index (χ4n) is 2.75. The third-order valence-corrected chi connectivity index (χ3v) is 5.13. The summed E-state index contributed by atoms with van der Waals surface area (Å²) in [6.45, 7) is 2.68. The maximum Gasteiger partial charge on any atom is 0.293 e. The number of thiazole rings is 1. The molecule has 0 saturated heterocycles. The zero-order chi connectivity index (χ0) is 20.9. The lowest BCUT2D eigenvalue weighted by atomic mass is 10.2. The summed E-state index contributed by atoms with van der Waals surface area (Å²) < 4.78 is 11.5. The summed E-state index contributed by atoms with van der Waals surface area (Å²) in [7, 11) is 0. The zero-order valence-electron chi connectivity index (χ0n) is 16.2. The van der Waals surface area contributed by atoms with Crippen LogP contribution in [0.1, 0.15) is 34.3 Å². The molecule has 0 atom stereocenters. The summed E-state index contributed by atoms with van der Waals surface area (Å²) in [5, 5.41) is 6.05. The fourth-order valence-corrected chi connectivity index (χ4v) is 3.65. The van der Waals surface area contributed by atoms with E-state index in [4.69, 9.17) is 9.15 Å². The molecule has 0 unspecified atom stereocenters. The number of ether oxygens (including phenoxy) is 1. The second kappa shape index (κ2) is 8.79. The Bertz CT molecular complexity index is 1170. The molecule has 2 aromatic carbocycles. The van der Waals surface area contributed by atoms with Gasteiger partial charge < -0.3 is 14.5 Å². The highest BCUT2D eigenvalue weighted by Crippen LogP contribution is 2.29. The van der Waals surface area contributed by atoms with Crippen LogP contribution in [0.4, 0.5) is 10.8 Å². The third-order valence-electron chi connectivity index (χ3n) is 4.20. The molecule has 2 N–H and O–H groups in total. The van der Waals surface area contributed by atoms with Crippen LogP contribution in [0.5, 0.6) is 5.75 Å². The van der Waals surface area contributed by atoms with Crippen LogP contribution < -0.4 is 15.4 Å². The number of anilines is 2. The van der Waals surface area contributed by atoms with E-state index in [9.17, 15) is 9.59 Å². The number of nitrogens with one attached hydrogen (secondary N) is 2. The molecule has 0 saturated carbocycles. The van der Waals surface area contributed by atoms with E-state index in [1.165, 1.54) is 17.6 Å². The first-order valence-corrected chi connectivity index (χ1v) is 10.2. The van der Waals surface area contributed by atoms with E-state index >= 15 is 0 Å². The number of carbonyl (C=O) groups excluding carboxylic acids is 2. The summed E-state index contributed by atoms with van der Waals surface area (Å²) >= 11 is 1.32. The molecule has 2 aromatic heterocycles. The first kappa shape index (κ1) is 19.7. The molecule has 4 rings (SSSR count). The van der Waals surface area contributed by atoms with Crippen molar-refractivity contribution in [3.8, 4) is 5.75 Å². The number of fused-ring (bicyclic) bond motifs is 1. The van der Waals surface area contributed by atoms with Crippen molar-refractivity contribution in [2.45, 2.75) is 13.3 Å². The molecule has 4 aromatic rings. The monoisotopic (exact) mass is 421 g/mol. The predicted molar refractivity (Wildman–Crippen MR) is 116 cm³/mol. The molecule has 152 valence electrons. The van der Waals surface area contributed by atoms with Crippen LogP contribution in [0.15, 0.2) is 65.3 Å². The van der Waals surface area contributed by atoms with Gasteiger partial charge in [-0.1, -0.05) is 18.3 Å². The summed E-state index contributed by atoms with van der Waals surface area (Å²) in [6.07, 6.45) is 2.37. The van der Waals surface area contributed by atoms with Gasteiger partial charge in [-0.15, -0.1) is 0 Å². The fraction of sp³-hybridized carbons (Fsp3) is 0.136. The zero-order valence-corrected chi connectivity index (χ0v) is 17.0. The number of hydrogen-bond acceptors (Lipinski definition) is 6. The van der Waals surface area contributed by atoms with E-state index in [2.05, 4.69) is 15.6 Å². The average Bonchev–Trinajstić information content (AvgIpc) is 3.42. The summed E-state index contributed by atoms with van der Waals surface area (Å²) in [5.41, 5.74) is 1.91. The van der Waals surface area contributed by atoms with Crippen LogP contribution in [0.25, 0.3) is 10.2 Å². The molecular formula is C22H19N3O4S. The Balaban J connectivity index is 1.44. The van der Waals surface area contributed by atoms with Crippen molar-refractivity contribution in [2.75, 3.05) is 17.2 Å². The highest BCUT2D eigenvalue weighted by atomic mass is 32.1. The molecule has 0 bridgehead atoms. The summed E-state index contributed by atoms with van der Waals surface area (Å²) in [4.78, 5) is 29.0. The number of furan rings is 1. The number of aromatic nitrogens is 1. The van der Waals surface area contributed by atoms with Gasteiger partial charge in [-0.3, -0.25) is 14.9 Å². The van der Waals surface area contributed by atoms with E-state index in [1.54, 1.807) is 48.5 Å². The van der Waals surface area contributed by atoms with E-state index < -0.39 is 0 Å². The van der Waals surface area contributed by atoms with Gasteiger partial charge in [-0.25, -0.2) is 4.98 Å². The Kier molecular flexibility index (Phi) is 5.76. The van der Waals surface area contributed by atoms with Crippen LogP contribution in [-0.4, -0.2) is 23.4 Å². The topological polar surface area (TPSA) is 93.5 Å². The molecule has 2 heterocycles. The third kappa shape index (κ3) is 4.49. The average molecular weight is 421 g/mol. The van der Waals surface area contributed by atoms with Crippen molar-refractivity contribution >= 4 is 44.2 Å². The maximum absolute atomic E-state index is 12.5. The number of rotatable bonds is 7. The highest BCUT2D eigenvalue weighted by Gasteiger charge is 2.13. The van der Waals surface area contributed by atoms with Crippen molar-refractivity contribution < 1.29 is 18.7 Å². The lowest BCUT2D eigenvalue weighted by Crippen LogP contribution is -2.11. The van der Waals surface area contributed by atoms with E-state index in [1.807, 2.05) is 13.0 Å². The first-order chi connectivity index (χ1) is 14.6. The SMILES string of the molecule is CCCOc1ccc(C(=O)Nc2ccc3nc(NC(=O)c4ccco4)sc3c2)cc1. The van der Waals surface area contributed by atoms with Gasteiger partial charge in [0.1, 0.15) is 5.75 Å². The minimum absolute atomic E-state index is 0.216. The number of benzene rings is 2. The maximum atomic E-state index is 12.5. The Morgan fingerprint density at radius 2 is 1.90 bits per heavy atom. The minimum atomic E-state index is -0.362. The van der Waals surface area contributed by atoms with Crippen molar-refractivity contribution in [3.05, 3.63) is 72.2 Å². The van der Waals surface area contributed by atoms with E-state index in [0.717, 1.165) is 22.4 Å². The highest BCUT2D eigenvalue weighted by molar-refractivity contribution is 7.22. The summed E-state index contributed by atoms with van der Waals surface area (Å²) in [6, 6.07) is 15.7. The molecule has 30 heavy (non-hydrogen) atoms. The molecule has 0 radical (unpaired) electrons. The second-order valence-electron chi connectivity index (χ2n) is 6.46. The summed E-state index contributed by atoms with van der Waals surface area (Å²) in [5.74, 6) is 0.378. The van der Waals surface area contributed by atoms with Crippen molar-refractivity contribution in [2.24, 2.45) is 0 Å². The van der Waals surface area contributed by atoms with Gasteiger partial charge in [0.05, 0.1) is 23.1 Å². The largest absolute Gasteiger partial charge is 0.494 e. The van der Waals surface area contributed by atoms with Crippen LogP contribution in [0.3, 0.4) is 0 Å². The number of hydrogen-bond donors (Lipinski definition) is 2. The van der Waals surface area contributed by atoms with Crippen molar-refractivity contribution in [3.63, 3.8) is 0 Å². The second-order valence-corrected chi connectivity index (χ2v) is 7.49. The van der Waals surface area contributed by atoms with Crippen molar-refractivity contribution in [1.82, 2.24) is 4.98 Å². The Morgan fingerprint density at radius 1 is 1.07 bits per heavy atom. The van der Waals surface area contributed by atoms with Crippen molar-refractivity contribution in [1.29, 1.82) is 0 Å². The molecule has 7 nitrogen and oxygen atoms in total. The van der Waals surface area contributed by atoms with E-state index in [0.29, 0.717) is 23.0 Å². The van der Waals surface area contributed by atoms with Crippen LogP contribution in [0.2, 0.25) is 0 Å². The molecule has 0 fully saturated rings. The van der Waals surface area contributed by atoms with Crippen LogP contribution >= 0.6 is 11.3 Å². The van der Waals surface area contributed by atoms with Crippen LogP contribution in [-0.2, 0) is 0 Å². The molecule has 8 heteroatoms. The quantitative estimate of drug-likeness (QED) is 0.429. The Morgan fingerprint density at radius 3 is 2.63 bits per heavy atom. The van der Waals surface area contributed by atoms with Crippen LogP contribution in [0, 0.1) is 0 Å². The number of carbonyl (C=O) groups is 2. The van der Waals surface area contributed by atoms with Gasteiger partial charge in [-0.2, -0.15) is 0 Å². The molecular weight excluding hydrogens is 402 g/mol. The van der Waals surface area contributed by atoms with E-state index in [-0.39, 0.29) is 17.6 Å². The van der Waals surface area contributed by atoms with Gasteiger partial charge in [-0.05, 0) is 61.0 Å². The first-order valence-electron chi connectivity index (χ1n) is 9.42. The molecule has 0 aliphatic rings. The molecule has 0 spiro atoms. The number of amides is 2. The standard InChI is InChI=1S/C22H19N3O4S/c1-2-11-28-16-8-5-14(6-9-16)20(26)23-15-7-10-17-19(13-15)30-22(24-17)25-21(27)18-4-3-12-29-18/h3-10,12-13H,2,11H2,1H3,(H,23,26)(H,24,25,27). The molecule has 0 aliphatic heterocycles. The lowest BCUT2D eigenvalue weighted by molar-refractivity contribution is 0.0994. The van der Waals surface area contributed by atoms with Gasteiger partial charge in [0, 0.05) is 11.3 Å². The lowest BCUT2D eigenvalue weighted by Gasteiger charge is -2.07. The Hall–Kier alpha value is -3.65. The van der Waals surface area contributed by atoms with Gasteiger partial charge in [0.15, 0.2) is 10.9 Å². The Labute approximate surface area is 176 Å². The molecule has 0 aliphatic carbocycles. The number of nitrogens with zero attached hydrogens (tertiary/aromatic N) is 1. The van der Waals surface area contributed by atoms with Gasteiger partial charge in [0.25, 0.3) is 11.8 Å². The normalized spacial score (nSPS) is 10.7. The van der Waals surface area contributed by atoms with Gasteiger partial charge >= 0.3 is 0 Å². The smallest absolute Gasteiger partial charge is 0.293 e. The van der Waals surface area contributed by atoms with Gasteiger partial charge in [0.2, 0.25) is 0 Å². The minimum Gasteiger partial charge on any atom is -0.494 e. The predicted octanol–water partition coefficient (Wildman–Crippen LogP) is 5.18.